The van der Waals surface area contributed by atoms with Gasteiger partial charge in [0.15, 0.2) is 0 Å². The number of H-pyrrole nitrogens is 1. The van der Waals surface area contributed by atoms with Crippen molar-refractivity contribution in [2.75, 3.05) is 38.2 Å². The maximum absolute atomic E-state index is 13.2. The van der Waals surface area contributed by atoms with Crippen LogP contribution in [-0.2, 0) is 4.79 Å². The van der Waals surface area contributed by atoms with Gasteiger partial charge in [0.25, 0.3) is 0 Å². The lowest BCUT2D eigenvalue weighted by molar-refractivity contribution is -0.132. The summed E-state index contributed by atoms with van der Waals surface area (Å²) < 4.78 is 5.64. The summed E-state index contributed by atoms with van der Waals surface area (Å²) in [6.07, 6.45) is 3.83. The molecule has 1 saturated heterocycles. The average molecular weight is 475 g/mol. The summed E-state index contributed by atoms with van der Waals surface area (Å²) in [6.45, 7) is 4.77. The van der Waals surface area contributed by atoms with Crippen molar-refractivity contribution in [1.82, 2.24) is 14.9 Å². The standard InChI is InChI=1S/C27H27ClN4O2/c1-18(19-7-9-20(28)10-8-19)27(33)32-15-13-31(14-16-32)25-22-11-12-29-26(22)30-17-23(25)21-5-3-4-6-24(21)34-2/h3-12,17-18H,13-16H2,1-2H3,(H,29,30)/t18-/m0/s1. The van der Waals surface area contributed by atoms with Gasteiger partial charge in [-0.2, -0.15) is 0 Å². The van der Waals surface area contributed by atoms with Crippen molar-refractivity contribution in [3.8, 4) is 16.9 Å². The number of methoxy groups -OCH3 is 1. The number of hydrogen-bond donors (Lipinski definition) is 1. The van der Waals surface area contributed by atoms with Crippen LogP contribution in [0.25, 0.3) is 22.2 Å². The minimum absolute atomic E-state index is 0.147. The molecule has 4 aromatic rings. The molecule has 1 aliphatic rings. The molecule has 5 rings (SSSR count). The predicted molar refractivity (Wildman–Crippen MR) is 137 cm³/mol. The second-order valence-corrected chi connectivity index (χ2v) is 8.98. The second kappa shape index (κ2) is 9.39. The molecule has 2 aromatic carbocycles. The van der Waals surface area contributed by atoms with Gasteiger partial charge >= 0.3 is 0 Å². The molecule has 0 saturated carbocycles. The van der Waals surface area contributed by atoms with Gasteiger partial charge in [-0.3, -0.25) is 4.79 Å². The second-order valence-electron chi connectivity index (χ2n) is 8.55. The first-order valence-corrected chi connectivity index (χ1v) is 11.8. The summed E-state index contributed by atoms with van der Waals surface area (Å²) >= 11 is 6.01. The van der Waals surface area contributed by atoms with E-state index in [0.29, 0.717) is 18.1 Å². The van der Waals surface area contributed by atoms with Crippen LogP contribution >= 0.6 is 11.6 Å². The lowest BCUT2D eigenvalue weighted by Crippen LogP contribution is -2.50. The number of amides is 1. The summed E-state index contributed by atoms with van der Waals surface area (Å²) in [7, 11) is 1.69. The smallest absolute Gasteiger partial charge is 0.229 e. The van der Waals surface area contributed by atoms with Gasteiger partial charge in [-0.25, -0.2) is 4.98 Å². The van der Waals surface area contributed by atoms with Crippen LogP contribution in [0.4, 0.5) is 5.69 Å². The molecule has 0 bridgehead atoms. The molecule has 0 unspecified atom stereocenters. The van der Waals surface area contributed by atoms with Crippen LogP contribution in [0.2, 0.25) is 5.02 Å². The number of hydrogen-bond acceptors (Lipinski definition) is 4. The summed E-state index contributed by atoms with van der Waals surface area (Å²) in [4.78, 5) is 25.4. The van der Waals surface area contributed by atoms with E-state index in [1.807, 2.05) is 66.7 Å². The van der Waals surface area contributed by atoms with Crippen LogP contribution in [0.15, 0.2) is 67.0 Å². The number of anilines is 1. The Morgan fingerprint density at radius 3 is 2.50 bits per heavy atom. The fourth-order valence-electron chi connectivity index (χ4n) is 4.72. The Kier molecular flexibility index (Phi) is 6.16. The van der Waals surface area contributed by atoms with Crippen molar-refractivity contribution in [1.29, 1.82) is 0 Å². The highest BCUT2D eigenvalue weighted by Crippen LogP contribution is 2.40. The van der Waals surface area contributed by atoms with Crippen molar-refractivity contribution in [2.24, 2.45) is 0 Å². The molecule has 0 aliphatic carbocycles. The van der Waals surface area contributed by atoms with Crippen LogP contribution < -0.4 is 9.64 Å². The lowest BCUT2D eigenvalue weighted by atomic mass is 9.99. The van der Waals surface area contributed by atoms with E-state index >= 15 is 0 Å². The highest BCUT2D eigenvalue weighted by Gasteiger charge is 2.28. The lowest BCUT2D eigenvalue weighted by Gasteiger charge is -2.38. The average Bonchev–Trinajstić information content (AvgIpc) is 3.37. The molecular weight excluding hydrogens is 448 g/mol. The molecule has 0 spiro atoms. The topological polar surface area (TPSA) is 61.5 Å². The number of aromatic amines is 1. The van der Waals surface area contributed by atoms with E-state index in [9.17, 15) is 4.79 Å². The molecule has 1 fully saturated rings. The van der Waals surface area contributed by atoms with Crippen molar-refractivity contribution in [2.45, 2.75) is 12.8 Å². The molecular formula is C27H27ClN4O2. The minimum Gasteiger partial charge on any atom is -0.496 e. The molecule has 1 atom stereocenters. The number of carbonyl (C=O) groups is 1. The van der Waals surface area contributed by atoms with Crippen LogP contribution in [0.3, 0.4) is 0 Å². The third-order valence-corrected chi connectivity index (χ3v) is 6.86. The molecule has 3 heterocycles. The van der Waals surface area contributed by atoms with Gasteiger partial charge in [-0.15, -0.1) is 0 Å². The molecule has 1 aliphatic heterocycles. The maximum atomic E-state index is 13.2. The fourth-order valence-corrected chi connectivity index (χ4v) is 4.84. The van der Waals surface area contributed by atoms with E-state index in [1.165, 1.54) is 0 Å². The van der Waals surface area contributed by atoms with Crippen molar-refractivity contribution in [3.63, 3.8) is 0 Å². The van der Waals surface area contributed by atoms with Crippen molar-refractivity contribution in [3.05, 3.63) is 77.6 Å². The Morgan fingerprint density at radius 1 is 1.03 bits per heavy atom. The SMILES string of the molecule is COc1ccccc1-c1cnc2[nH]ccc2c1N1CCN(C(=O)[C@@H](C)c2ccc(Cl)cc2)CC1. The largest absolute Gasteiger partial charge is 0.496 e. The van der Waals surface area contributed by atoms with Crippen LogP contribution in [0, 0.1) is 0 Å². The Hall–Kier alpha value is -3.51. The van der Waals surface area contributed by atoms with Gasteiger partial charge in [-0.05, 0) is 36.8 Å². The van der Waals surface area contributed by atoms with Gasteiger partial charge in [0.1, 0.15) is 11.4 Å². The Labute approximate surface area is 204 Å². The molecule has 1 amide bonds. The molecule has 7 heteroatoms. The number of para-hydroxylation sites is 1. The summed E-state index contributed by atoms with van der Waals surface area (Å²) in [5.74, 6) is 0.754. The van der Waals surface area contributed by atoms with Crippen molar-refractivity contribution >= 4 is 34.2 Å². The first-order valence-electron chi connectivity index (χ1n) is 11.5. The molecule has 2 aromatic heterocycles. The highest BCUT2D eigenvalue weighted by atomic mass is 35.5. The summed E-state index contributed by atoms with van der Waals surface area (Å²) in [5.41, 5.74) is 4.99. The zero-order valence-electron chi connectivity index (χ0n) is 19.3. The number of carbonyl (C=O) groups excluding carboxylic acids is 1. The quantitative estimate of drug-likeness (QED) is 0.424. The number of ether oxygens (including phenoxy) is 1. The third-order valence-electron chi connectivity index (χ3n) is 6.60. The van der Waals surface area contributed by atoms with Gasteiger partial charge in [-0.1, -0.05) is 41.9 Å². The Morgan fingerprint density at radius 2 is 1.76 bits per heavy atom. The summed E-state index contributed by atoms with van der Waals surface area (Å²) in [5, 5.41) is 1.74. The number of piperazine rings is 1. The molecule has 174 valence electrons. The number of pyridine rings is 1. The van der Waals surface area contributed by atoms with Gasteiger partial charge in [0.2, 0.25) is 5.91 Å². The molecule has 1 N–H and O–H groups in total. The zero-order valence-corrected chi connectivity index (χ0v) is 20.0. The van der Waals surface area contributed by atoms with E-state index in [1.54, 1.807) is 7.11 Å². The molecule has 6 nitrogen and oxygen atoms in total. The normalized spacial score (nSPS) is 14.9. The first-order chi connectivity index (χ1) is 16.6. The fraction of sp³-hybridized carbons (Fsp3) is 0.259. The van der Waals surface area contributed by atoms with E-state index in [2.05, 4.69) is 27.0 Å². The minimum atomic E-state index is -0.203. The molecule has 0 radical (unpaired) electrons. The number of rotatable bonds is 5. The monoisotopic (exact) mass is 474 g/mol. The van der Waals surface area contributed by atoms with Gasteiger partial charge < -0.3 is 19.5 Å². The Bertz CT molecular complexity index is 1310. The van der Waals surface area contributed by atoms with Crippen LogP contribution in [0.1, 0.15) is 18.4 Å². The maximum Gasteiger partial charge on any atom is 0.229 e. The van der Waals surface area contributed by atoms with E-state index in [4.69, 9.17) is 16.3 Å². The van der Waals surface area contributed by atoms with Gasteiger partial charge in [0.05, 0.1) is 18.7 Å². The van der Waals surface area contributed by atoms with Crippen molar-refractivity contribution < 1.29 is 9.53 Å². The number of benzene rings is 2. The first kappa shape index (κ1) is 22.3. The summed E-state index contributed by atoms with van der Waals surface area (Å²) in [6, 6.07) is 17.6. The predicted octanol–water partition coefficient (Wildman–Crippen LogP) is 5.34. The highest BCUT2D eigenvalue weighted by molar-refractivity contribution is 6.30. The Balaban J connectivity index is 1.41. The number of nitrogens with zero attached hydrogens (tertiary/aromatic N) is 3. The third kappa shape index (κ3) is 4.10. The van der Waals surface area contributed by atoms with Gasteiger partial charge in [0, 0.05) is 60.1 Å². The number of fused-ring (bicyclic) bond motifs is 1. The number of aromatic nitrogens is 2. The van der Waals surface area contributed by atoms with E-state index in [0.717, 1.165) is 52.3 Å². The van der Waals surface area contributed by atoms with Crippen LogP contribution in [-0.4, -0.2) is 54.1 Å². The number of nitrogens with one attached hydrogen (secondary N) is 1. The van der Waals surface area contributed by atoms with E-state index < -0.39 is 0 Å². The molecule has 34 heavy (non-hydrogen) atoms. The van der Waals surface area contributed by atoms with Crippen LogP contribution in [0.5, 0.6) is 5.75 Å². The number of halogens is 1. The zero-order chi connectivity index (χ0) is 23.7. The van der Waals surface area contributed by atoms with E-state index in [-0.39, 0.29) is 11.8 Å².